The molecule has 0 unspecified atom stereocenters. The second kappa shape index (κ2) is 7.33. The van der Waals surface area contributed by atoms with Crippen LogP contribution in [0, 0.1) is 6.92 Å². The summed E-state index contributed by atoms with van der Waals surface area (Å²) in [4.78, 5) is 12.8. The van der Waals surface area contributed by atoms with Crippen molar-refractivity contribution in [3.8, 4) is 0 Å². The van der Waals surface area contributed by atoms with E-state index in [0.29, 0.717) is 29.4 Å². The summed E-state index contributed by atoms with van der Waals surface area (Å²) in [6, 6.07) is 19.4. The van der Waals surface area contributed by atoms with Gasteiger partial charge in [0.1, 0.15) is 5.69 Å². The zero-order valence-corrected chi connectivity index (χ0v) is 15.7. The van der Waals surface area contributed by atoms with Crippen LogP contribution in [0.3, 0.4) is 0 Å². The van der Waals surface area contributed by atoms with Gasteiger partial charge in [0.15, 0.2) is 5.58 Å². The van der Waals surface area contributed by atoms with E-state index < -0.39 is 0 Å². The fourth-order valence-corrected chi connectivity index (χ4v) is 3.21. The molecule has 0 aliphatic rings. The van der Waals surface area contributed by atoms with Crippen molar-refractivity contribution in [3.63, 3.8) is 0 Å². The second-order valence-electron chi connectivity index (χ2n) is 6.58. The van der Waals surface area contributed by atoms with E-state index >= 15 is 0 Å². The average Bonchev–Trinajstić information content (AvgIpc) is 3.25. The molecule has 0 aliphatic heterocycles. The minimum Gasteiger partial charge on any atom is -0.463 e. The maximum Gasteiger partial charge on any atom is 0.268 e. The number of halogens is 1. The Hall–Kier alpha value is -2.98. The zero-order chi connectivity index (χ0) is 18.8. The Labute approximate surface area is 162 Å². The first-order chi connectivity index (χ1) is 13.1. The van der Waals surface area contributed by atoms with E-state index in [9.17, 15) is 4.79 Å². The summed E-state index contributed by atoms with van der Waals surface area (Å²) in [5.41, 5.74) is 5.53. The van der Waals surface area contributed by atoms with Crippen molar-refractivity contribution >= 4 is 28.6 Å². The quantitative estimate of drug-likeness (QED) is 0.520. The lowest BCUT2D eigenvalue weighted by atomic mass is 10.1. The van der Waals surface area contributed by atoms with Gasteiger partial charge in [-0.3, -0.25) is 4.79 Å². The van der Waals surface area contributed by atoms with Gasteiger partial charge < -0.3 is 14.3 Å². The van der Waals surface area contributed by atoms with Crippen LogP contribution in [0.1, 0.15) is 27.2 Å². The first-order valence-electron chi connectivity index (χ1n) is 8.75. The summed E-state index contributed by atoms with van der Waals surface area (Å²) in [5, 5.41) is 3.65. The number of rotatable bonds is 5. The van der Waals surface area contributed by atoms with Crippen molar-refractivity contribution in [2.24, 2.45) is 0 Å². The van der Waals surface area contributed by atoms with Gasteiger partial charge >= 0.3 is 0 Å². The standard InChI is InChI=1S/C22H19ClN2O2/c1-15-2-4-17(5-3-15)14-25-19-10-11-27-21(19)12-20(25)22(26)24-13-16-6-8-18(23)9-7-16/h2-12H,13-14H2,1H3,(H,24,26). The molecule has 0 aliphatic carbocycles. The molecule has 0 radical (unpaired) electrons. The van der Waals surface area contributed by atoms with E-state index in [2.05, 4.69) is 36.5 Å². The highest BCUT2D eigenvalue weighted by Crippen LogP contribution is 2.23. The molecule has 0 fully saturated rings. The number of aromatic nitrogens is 1. The Bertz CT molecular complexity index is 1080. The number of aryl methyl sites for hydroxylation is 1. The first kappa shape index (κ1) is 17.4. The Morgan fingerprint density at radius 3 is 2.48 bits per heavy atom. The molecule has 4 aromatic rings. The summed E-state index contributed by atoms with van der Waals surface area (Å²) >= 11 is 5.91. The Morgan fingerprint density at radius 2 is 1.74 bits per heavy atom. The number of hydrogen-bond donors (Lipinski definition) is 1. The van der Waals surface area contributed by atoms with Crippen LogP contribution in [0.4, 0.5) is 0 Å². The molecule has 0 bridgehead atoms. The summed E-state index contributed by atoms with van der Waals surface area (Å²) < 4.78 is 7.49. The average molecular weight is 379 g/mol. The molecule has 0 saturated heterocycles. The molecule has 2 heterocycles. The second-order valence-corrected chi connectivity index (χ2v) is 7.02. The number of hydrogen-bond acceptors (Lipinski definition) is 2. The molecule has 0 saturated carbocycles. The van der Waals surface area contributed by atoms with Crippen LogP contribution in [-0.2, 0) is 13.1 Å². The van der Waals surface area contributed by atoms with E-state index in [0.717, 1.165) is 16.6 Å². The van der Waals surface area contributed by atoms with Crippen molar-refractivity contribution in [2.45, 2.75) is 20.0 Å². The minimum absolute atomic E-state index is 0.136. The van der Waals surface area contributed by atoms with Gasteiger partial charge in [0.05, 0.1) is 11.8 Å². The topological polar surface area (TPSA) is 47.2 Å². The van der Waals surface area contributed by atoms with E-state index in [1.54, 1.807) is 12.3 Å². The van der Waals surface area contributed by atoms with Crippen molar-refractivity contribution in [1.29, 1.82) is 0 Å². The molecular weight excluding hydrogens is 360 g/mol. The lowest BCUT2D eigenvalue weighted by molar-refractivity contribution is 0.0942. The van der Waals surface area contributed by atoms with Gasteiger partial charge in [-0.25, -0.2) is 0 Å². The first-order valence-corrected chi connectivity index (χ1v) is 9.13. The van der Waals surface area contributed by atoms with Gasteiger partial charge in [0.25, 0.3) is 5.91 Å². The molecule has 2 aromatic carbocycles. The highest BCUT2D eigenvalue weighted by Gasteiger charge is 2.17. The highest BCUT2D eigenvalue weighted by molar-refractivity contribution is 6.30. The third-order valence-corrected chi connectivity index (χ3v) is 4.84. The van der Waals surface area contributed by atoms with Crippen LogP contribution in [0.25, 0.3) is 11.1 Å². The number of benzene rings is 2. The van der Waals surface area contributed by atoms with Crippen LogP contribution in [-0.4, -0.2) is 10.5 Å². The molecule has 27 heavy (non-hydrogen) atoms. The molecule has 1 N–H and O–H groups in total. The van der Waals surface area contributed by atoms with Gasteiger partial charge in [0.2, 0.25) is 0 Å². The number of nitrogens with zero attached hydrogens (tertiary/aromatic N) is 1. The molecule has 2 aromatic heterocycles. The van der Waals surface area contributed by atoms with Crippen LogP contribution < -0.4 is 5.32 Å². The van der Waals surface area contributed by atoms with Crippen molar-refractivity contribution in [1.82, 2.24) is 9.88 Å². The largest absolute Gasteiger partial charge is 0.463 e. The number of carbonyl (C=O) groups is 1. The number of amides is 1. The Balaban J connectivity index is 1.58. The number of fused-ring (bicyclic) bond motifs is 1. The van der Waals surface area contributed by atoms with Crippen molar-refractivity contribution < 1.29 is 9.21 Å². The van der Waals surface area contributed by atoms with Crippen molar-refractivity contribution in [2.75, 3.05) is 0 Å². The molecule has 5 heteroatoms. The van der Waals surface area contributed by atoms with E-state index in [4.69, 9.17) is 16.0 Å². The third kappa shape index (κ3) is 3.76. The van der Waals surface area contributed by atoms with Crippen LogP contribution in [0.5, 0.6) is 0 Å². The van der Waals surface area contributed by atoms with Gasteiger partial charge in [-0.05, 0) is 30.2 Å². The summed E-state index contributed by atoms with van der Waals surface area (Å²) in [5.74, 6) is -0.136. The molecule has 136 valence electrons. The summed E-state index contributed by atoms with van der Waals surface area (Å²) in [6.45, 7) is 3.10. The minimum atomic E-state index is -0.136. The fraction of sp³-hybridized carbons (Fsp3) is 0.136. The molecule has 1 amide bonds. The normalized spacial score (nSPS) is 11.0. The monoisotopic (exact) mass is 378 g/mol. The third-order valence-electron chi connectivity index (χ3n) is 4.58. The lowest BCUT2D eigenvalue weighted by Crippen LogP contribution is -2.25. The van der Waals surface area contributed by atoms with Crippen LogP contribution in [0.2, 0.25) is 5.02 Å². The number of carbonyl (C=O) groups excluding carboxylic acids is 1. The molecule has 4 nitrogen and oxygen atoms in total. The van der Waals surface area contributed by atoms with E-state index in [1.165, 1.54) is 5.56 Å². The molecule has 4 rings (SSSR count). The van der Waals surface area contributed by atoms with Gasteiger partial charge in [-0.15, -0.1) is 0 Å². The van der Waals surface area contributed by atoms with Crippen LogP contribution in [0.15, 0.2) is 71.3 Å². The van der Waals surface area contributed by atoms with Crippen molar-refractivity contribution in [3.05, 3.63) is 94.3 Å². The van der Waals surface area contributed by atoms with Crippen LogP contribution >= 0.6 is 11.6 Å². The fourth-order valence-electron chi connectivity index (χ4n) is 3.09. The Kier molecular flexibility index (Phi) is 4.73. The summed E-state index contributed by atoms with van der Waals surface area (Å²) in [7, 11) is 0. The maximum atomic E-state index is 12.8. The summed E-state index contributed by atoms with van der Waals surface area (Å²) in [6.07, 6.45) is 1.64. The van der Waals surface area contributed by atoms with Gasteiger partial charge in [-0.2, -0.15) is 0 Å². The number of furan rings is 1. The maximum absolute atomic E-state index is 12.8. The predicted octanol–water partition coefficient (Wildman–Crippen LogP) is 5.17. The Morgan fingerprint density at radius 1 is 1.04 bits per heavy atom. The lowest BCUT2D eigenvalue weighted by Gasteiger charge is -2.11. The number of nitrogens with one attached hydrogen (secondary N) is 1. The van der Waals surface area contributed by atoms with Gasteiger partial charge in [0, 0.05) is 30.2 Å². The highest BCUT2D eigenvalue weighted by atomic mass is 35.5. The van der Waals surface area contributed by atoms with Gasteiger partial charge in [-0.1, -0.05) is 53.6 Å². The van der Waals surface area contributed by atoms with E-state index in [1.807, 2.05) is 34.9 Å². The molecular formula is C22H19ClN2O2. The predicted molar refractivity (Wildman–Crippen MR) is 107 cm³/mol. The SMILES string of the molecule is Cc1ccc(Cn2c(C(=O)NCc3ccc(Cl)cc3)cc3occc32)cc1. The molecule has 0 atom stereocenters. The molecule has 0 spiro atoms. The van der Waals surface area contributed by atoms with E-state index in [-0.39, 0.29) is 5.91 Å². The zero-order valence-electron chi connectivity index (χ0n) is 14.9. The smallest absolute Gasteiger partial charge is 0.268 e.